The number of hydrogen-bond donors (Lipinski definition) is 1. The Bertz CT molecular complexity index is 885. The van der Waals surface area contributed by atoms with Crippen molar-refractivity contribution in [3.8, 4) is 11.8 Å². The van der Waals surface area contributed by atoms with Gasteiger partial charge in [0, 0.05) is 37.3 Å². The molecular weight excluding hydrogens is 333 g/mol. The van der Waals surface area contributed by atoms with E-state index in [1.807, 2.05) is 18.7 Å². The number of fused-ring (bicyclic) bond motifs is 1. The van der Waals surface area contributed by atoms with E-state index < -0.39 is 11.7 Å². The topological polar surface area (TPSA) is 66.6 Å². The number of allylic oxidation sites excluding steroid dienone is 2. The van der Waals surface area contributed by atoms with Gasteiger partial charge >= 0.3 is 0 Å². The van der Waals surface area contributed by atoms with Gasteiger partial charge in [0.1, 0.15) is 5.82 Å². The normalized spacial score (nSPS) is 16.3. The van der Waals surface area contributed by atoms with E-state index >= 15 is 0 Å². The lowest BCUT2D eigenvalue weighted by atomic mass is 9.96. The van der Waals surface area contributed by atoms with Crippen LogP contribution in [0.15, 0.2) is 11.6 Å². The van der Waals surface area contributed by atoms with Gasteiger partial charge in [-0.3, -0.25) is 9.59 Å². The van der Waals surface area contributed by atoms with E-state index in [2.05, 4.69) is 11.8 Å². The van der Waals surface area contributed by atoms with Crippen LogP contribution in [0.4, 0.5) is 10.1 Å². The van der Waals surface area contributed by atoms with Gasteiger partial charge in [0.05, 0.1) is 5.69 Å². The molecule has 26 heavy (non-hydrogen) atoms. The Hall–Kier alpha value is -2.81. The van der Waals surface area contributed by atoms with Crippen LogP contribution in [0.5, 0.6) is 0 Å². The van der Waals surface area contributed by atoms with Crippen molar-refractivity contribution in [2.45, 2.75) is 27.2 Å². The van der Waals surface area contributed by atoms with E-state index in [0.717, 1.165) is 22.3 Å². The molecule has 5 nitrogen and oxygen atoms in total. The van der Waals surface area contributed by atoms with Gasteiger partial charge in [-0.1, -0.05) is 11.5 Å². The Morgan fingerprint density at radius 1 is 1.19 bits per heavy atom. The Balaban J connectivity index is 1.97. The van der Waals surface area contributed by atoms with Crippen LogP contribution < -0.4 is 10.6 Å². The highest BCUT2D eigenvalue weighted by Crippen LogP contribution is 2.42. The zero-order valence-corrected chi connectivity index (χ0v) is 15.3. The van der Waals surface area contributed by atoms with E-state index in [4.69, 9.17) is 5.73 Å². The van der Waals surface area contributed by atoms with Gasteiger partial charge in [0.25, 0.3) is 5.91 Å². The van der Waals surface area contributed by atoms with Gasteiger partial charge < -0.3 is 15.5 Å². The average Bonchev–Trinajstić information content (AvgIpc) is 2.90. The fraction of sp³-hybridized carbons (Fsp3) is 0.400. The molecule has 0 spiro atoms. The van der Waals surface area contributed by atoms with E-state index in [9.17, 15) is 14.0 Å². The summed E-state index contributed by atoms with van der Waals surface area (Å²) in [4.78, 5) is 27.3. The van der Waals surface area contributed by atoms with Crippen LogP contribution in [0.3, 0.4) is 0 Å². The number of piperazine rings is 1. The summed E-state index contributed by atoms with van der Waals surface area (Å²) in [5.41, 5.74) is 9.91. The molecule has 0 aromatic heterocycles. The van der Waals surface area contributed by atoms with Crippen molar-refractivity contribution in [3.63, 3.8) is 0 Å². The maximum Gasteiger partial charge on any atom is 0.298 e. The largest absolute Gasteiger partial charge is 0.366 e. The summed E-state index contributed by atoms with van der Waals surface area (Å²) >= 11 is 0. The predicted molar refractivity (Wildman–Crippen MR) is 99.1 cm³/mol. The van der Waals surface area contributed by atoms with E-state index in [1.54, 1.807) is 11.8 Å². The molecule has 0 atom stereocenters. The molecule has 1 aliphatic heterocycles. The standard InChI is InChI=1S/C20H22FN3O2/c1-4-5-17(25)23-6-8-24(9-7-23)19-16(21)11-15(20(22)26)14-10-12(2)13(3)18(14)19/h11H,6-10H2,1-3H3,(H2,22,26). The fourth-order valence-corrected chi connectivity index (χ4v) is 3.73. The Morgan fingerprint density at radius 2 is 1.85 bits per heavy atom. The number of carbonyl (C=O) groups excluding carboxylic acids is 2. The zero-order valence-electron chi connectivity index (χ0n) is 15.3. The van der Waals surface area contributed by atoms with Gasteiger partial charge in [-0.05, 0) is 50.3 Å². The molecule has 1 saturated heterocycles. The molecule has 2 N–H and O–H groups in total. The molecule has 0 radical (unpaired) electrons. The first-order valence-corrected chi connectivity index (χ1v) is 8.63. The summed E-state index contributed by atoms with van der Waals surface area (Å²) in [6, 6.07) is 1.25. The van der Waals surface area contributed by atoms with Crippen LogP contribution >= 0.6 is 0 Å². The number of amides is 2. The molecule has 2 aliphatic rings. The van der Waals surface area contributed by atoms with Crippen LogP contribution in [0.2, 0.25) is 0 Å². The number of nitrogens with two attached hydrogens (primary N) is 1. The third kappa shape index (κ3) is 2.94. The van der Waals surface area contributed by atoms with Gasteiger partial charge in [-0.2, -0.15) is 0 Å². The first-order chi connectivity index (χ1) is 12.3. The summed E-state index contributed by atoms with van der Waals surface area (Å²) < 4.78 is 15.0. The van der Waals surface area contributed by atoms with Crippen LogP contribution in [0.25, 0.3) is 5.57 Å². The molecule has 0 saturated carbocycles. The summed E-state index contributed by atoms with van der Waals surface area (Å²) in [5, 5.41) is 0. The number of primary amides is 1. The molecule has 136 valence electrons. The third-order valence-electron chi connectivity index (χ3n) is 5.20. The minimum absolute atomic E-state index is 0.200. The van der Waals surface area contributed by atoms with Crippen LogP contribution in [0.1, 0.15) is 42.3 Å². The zero-order chi connectivity index (χ0) is 19.0. The quantitative estimate of drug-likeness (QED) is 0.825. The number of hydrogen-bond acceptors (Lipinski definition) is 3. The lowest BCUT2D eigenvalue weighted by Crippen LogP contribution is -2.49. The lowest BCUT2D eigenvalue weighted by molar-refractivity contribution is -0.125. The molecule has 0 bridgehead atoms. The second-order valence-electron chi connectivity index (χ2n) is 6.71. The molecule has 1 aliphatic carbocycles. The van der Waals surface area contributed by atoms with Crippen LogP contribution in [-0.2, 0) is 11.2 Å². The predicted octanol–water partition coefficient (Wildman–Crippen LogP) is 1.95. The Morgan fingerprint density at radius 3 is 2.42 bits per heavy atom. The molecule has 1 fully saturated rings. The number of nitrogens with zero attached hydrogens (tertiary/aromatic N) is 2. The molecule has 6 heteroatoms. The van der Waals surface area contributed by atoms with Crippen molar-refractivity contribution in [1.82, 2.24) is 4.90 Å². The Labute approximate surface area is 152 Å². The second-order valence-corrected chi connectivity index (χ2v) is 6.71. The SMILES string of the molecule is CC#CC(=O)N1CCN(c2c(F)cc(C(N)=O)c3c2C(C)=C(C)C3)CC1. The van der Waals surface area contributed by atoms with Crippen molar-refractivity contribution in [3.05, 3.63) is 34.1 Å². The van der Waals surface area contributed by atoms with Crippen LogP contribution in [-0.4, -0.2) is 42.9 Å². The summed E-state index contributed by atoms with van der Waals surface area (Å²) in [7, 11) is 0. The van der Waals surface area contributed by atoms with Gasteiger partial charge in [0.15, 0.2) is 0 Å². The molecule has 1 heterocycles. The van der Waals surface area contributed by atoms with Crippen molar-refractivity contribution in [1.29, 1.82) is 0 Å². The molecular formula is C20H22FN3O2. The maximum atomic E-state index is 15.0. The molecule has 3 rings (SSSR count). The third-order valence-corrected chi connectivity index (χ3v) is 5.20. The molecule has 0 unspecified atom stereocenters. The van der Waals surface area contributed by atoms with E-state index in [0.29, 0.717) is 38.3 Å². The van der Waals surface area contributed by atoms with E-state index in [1.165, 1.54) is 6.07 Å². The minimum atomic E-state index is -0.609. The van der Waals surface area contributed by atoms with Gasteiger partial charge in [-0.25, -0.2) is 4.39 Å². The van der Waals surface area contributed by atoms with Crippen molar-refractivity contribution in [2.24, 2.45) is 5.73 Å². The smallest absolute Gasteiger partial charge is 0.298 e. The Kier molecular flexibility index (Phi) is 4.73. The number of benzene rings is 1. The van der Waals surface area contributed by atoms with Crippen molar-refractivity contribution >= 4 is 23.1 Å². The summed E-state index contributed by atoms with van der Waals surface area (Å²) in [5.74, 6) is 3.90. The van der Waals surface area contributed by atoms with E-state index in [-0.39, 0.29) is 11.5 Å². The lowest BCUT2D eigenvalue weighted by Gasteiger charge is -2.36. The highest BCUT2D eigenvalue weighted by atomic mass is 19.1. The van der Waals surface area contributed by atoms with Gasteiger partial charge in [0.2, 0.25) is 5.91 Å². The van der Waals surface area contributed by atoms with Crippen molar-refractivity contribution < 1.29 is 14.0 Å². The first kappa shape index (κ1) is 18.0. The molecule has 1 aromatic rings. The molecule has 1 aromatic carbocycles. The average molecular weight is 355 g/mol. The number of rotatable bonds is 2. The second kappa shape index (κ2) is 6.83. The van der Waals surface area contributed by atoms with Crippen molar-refractivity contribution in [2.75, 3.05) is 31.1 Å². The summed E-state index contributed by atoms with van der Waals surface area (Å²) in [6.07, 6.45) is 0.608. The summed E-state index contributed by atoms with van der Waals surface area (Å²) in [6.45, 7) is 7.57. The monoisotopic (exact) mass is 355 g/mol. The van der Waals surface area contributed by atoms with Gasteiger partial charge in [-0.15, -0.1) is 0 Å². The highest BCUT2D eigenvalue weighted by molar-refractivity contribution is 5.99. The number of carbonyl (C=O) groups is 2. The highest BCUT2D eigenvalue weighted by Gasteiger charge is 2.31. The molecule has 2 amide bonds. The number of anilines is 1. The van der Waals surface area contributed by atoms with Crippen LogP contribution in [0, 0.1) is 17.7 Å². The fourth-order valence-electron chi connectivity index (χ4n) is 3.73. The minimum Gasteiger partial charge on any atom is -0.366 e. The maximum absolute atomic E-state index is 15.0. The number of halogens is 1. The first-order valence-electron chi connectivity index (χ1n) is 8.63.